The Morgan fingerprint density at radius 2 is 2.06 bits per heavy atom. The van der Waals surface area contributed by atoms with Gasteiger partial charge in [0.2, 0.25) is 5.91 Å². The molecule has 0 fully saturated rings. The van der Waals surface area contributed by atoms with Crippen molar-refractivity contribution in [2.75, 3.05) is 20.2 Å². The van der Waals surface area contributed by atoms with Crippen LogP contribution in [0.3, 0.4) is 0 Å². The molecule has 0 saturated heterocycles. The van der Waals surface area contributed by atoms with E-state index in [9.17, 15) is 9.59 Å². The predicted octanol–water partition coefficient (Wildman–Crippen LogP) is 0.427. The number of ether oxygens (including phenoxy) is 1. The van der Waals surface area contributed by atoms with Crippen LogP contribution in [0, 0.1) is 0 Å². The molecule has 16 heavy (non-hydrogen) atoms. The summed E-state index contributed by atoms with van der Waals surface area (Å²) in [4.78, 5) is 22.1. The molecule has 6 heteroatoms. The Labute approximate surface area is 104 Å². The second kappa shape index (κ2) is 8.52. The third kappa shape index (κ3) is 6.07. The molecule has 0 aromatic carbocycles. The topological polar surface area (TPSA) is 67.4 Å². The Balaban J connectivity index is 3.83. The lowest BCUT2D eigenvalue weighted by molar-refractivity contribution is -0.139. The molecule has 0 saturated carbocycles. The van der Waals surface area contributed by atoms with Gasteiger partial charge in [-0.3, -0.25) is 9.59 Å². The largest absolute Gasteiger partial charge is 0.468 e. The zero-order valence-electron chi connectivity index (χ0n) is 9.88. The van der Waals surface area contributed by atoms with Crippen molar-refractivity contribution in [1.29, 1.82) is 0 Å². The maximum atomic E-state index is 11.4. The van der Waals surface area contributed by atoms with Crippen LogP contribution in [-0.4, -0.2) is 42.9 Å². The lowest BCUT2D eigenvalue weighted by Crippen LogP contribution is -2.45. The zero-order valence-corrected chi connectivity index (χ0v) is 11.5. The fraction of sp³-hybridized carbons (Fsp3) is 0.800. The number of carbonyl (C=O) groups excluding carboxylic acids is 2. The van der Waals surface area contributed by atoms with Crippen molar-refractivity contribution in [2.45, 2.75) is 31.1 Å². The molecule has 5 nitrogen and oxygen atoms in total. The molecule has 1 amide bonds. The summed E-state index contributed by atoms with van der Waals surface area (Å²) in [6.45, 7) is 4.76. The molecular weight excluding hydrogens is 276 g/mol. The first-order valence-electron chi connectivity index (χ1n) is 5.25. The smallest absolute Gasteiger partial charge is 0.320 e. The van der Waals surface area contributed by atoms with Crippen LogP contribution in [0.1, 0.15) is 20.3 Å². The lowest BCUT2D eigenvalue weighted by Gasteiger charge is -2.15. The number of methoxy groups -OCH3 is 1. The summed E-state index contributed by atoms with van der Waals surface area (Å²) in [5.41, 5.74) is 0. The number of nitrogens with one attached hydrogen (secondary N) is 2. The van der Waals surface area contributed by atoms with E-state index in [0.717, 1.165) is 6.42 Å². The Morgan fingerprint density at radius 1 is 1.44 bits per heavy atom. The molecule has 0 bridgehead atoms. The van der Waals surface area contributed by atoms with E-state index in [2.05, 4.69) is 31.3 Å². The molecule has 0 radical (unpaired) electrons. The van der Waals surface area contributed by atoms with Crippen molar-refractivity contribution in [2.24, 2.45) is 0 Å². The summed E-state index contributed by atoms with van der Waals surface area (Å²) in [5, 5.41) is 5.71. The number of hydrogen-bond acceptors (Lipinski definition) is 4. The quantitative estimate of drug-likeness (QED) is 0.528. The van der Waals surface area contributed by atoms with Crippen LogP contribution in [0.25, 0.3) is 0 Å². The van der Waals surface area contributed by atoms with Gasteiger partial charge in [-0.25, -0.2) is 0 Å². The van der Waals surface area contributed by atoms with Crippen molar-refractivity contribution in [1.82, 2.24) is 10.6 Å². The van der Waals surface area contributed by atoms with Gasteiger partial charge in [0.25, 0.3) is 0 Å². The second-order valence-corrected chi connectivity index (χ2v) is 4.52. The van der Waals surface area contributed by atoms with E-state index in [1.165, 1.54) is 7.11 Å². The average molecular weight is 295 g/mol. The number of hydrogen-bond donors (Lipinski definition) is 2. The highest BCUT2D eigenvalue weighted by Gasteiger charge is 2.18. The van der Waals surface area contributed by atoms with Crippen LogP contribution in [0.2, 0.25) is 0 Å². The van der Waals surface area contributed by atoms with E-state index in [1.54, 1.807) is 6.92 Å². The first kappa shape index (κ1) is 15.4. The van der Waals surface area contributed by atoms with E-state index in [1.807, 2.05) is 6.92 Å². The van der Waals surface area contributed by atoms with E-state index in [4.69, 9.17) is 0 Å². The van der Waals surface area contributed by atoms with Crippen LogP contribution >= 0.6 is 15.9 Å². The number of esters is 1. The van der Waals surface area contributed by atoms with Gasteiger partial charge in [-0.2, -0.15) is 0 Å². The van der Waals surface area contributed by atoms with Crippen LogP contribution in [0.15, 0.2) is 0 Å². The highest BCUT2D eigenvalue weighted by molar-refractivity contribution is 9.10. The Hall–Kier alpha value is -0.620. The normalized spacial score (nSPS) is 14.0. The summed E-state index contributed by atoms with van der Waals surface area (Å²) in [5.74, 6) is -0.417. The van der Waals surface area contributed by atoms with Gasteiger partial charge >= 0.3 is 5.97 Å². The molecule has 0 heterocycles. The molecule has 0 rings (SSSR count). The molecule has 0 aliphatic rings. The molecule has 0 aliphatic carbocycles. The van der Waals surface area contributed by atoms with Crippen LogP contribution in [0.5, 0.6) is 0 Å². The number of halogens is 1. The predicted molar refractivity (Wildman–Crippen MR) is 65.5 cm³/mol. The molecule has 0 aliphatic heterocycles. The zero-order chi connectivity index (χ0) is 12.6. The van der Waals surface area contributed by atoms with Gasteiger partial charge in [-0.1, -0.05) is 22.9 Å². The summed E-state index contributed by atoms with van der Waals surface area (Å²) < 4.78 is 4.54. The number of alkyl halides is 1. The minimum Gasteiger partial charge on any atom is -0.468 e. The summed E-state index contributed by atoms with van der Waals surface area (Å²) in [7, 11) is 1.33. The molecule has 2 N–H and O–H groups in total. The molecule has 2 atom stereocenters. The molecule has 94 valence electrons. The first-order valence-corrected chi connectivity index (χ1v) is 6.17. The third-order valence-electron chi connectivity index (χ3n) is 2.00. The maximum absolute atomic E-state index is 11.4. The Kier molecular flexibility index (Phi) is 8.19. The SMILES string of the molecule is CCCNC(=O)C(C)NCC(Br)C(=O)OC. The molecule has 2 unspecified atom stereocenters. The van der Waals surface area contributed by atoms with E-state index in [-0.39, 0.29) is 17.9 Å². The Morgan fingerprint density at radius 3 is 2.56 bits per heavy atom. The van der Waals surface area contributed by atoms with Crippen LogP contribution in [-0.2, 0) is 14.3 Å². The van der Waals surface area contributed by atoms with Gasteiger partial charge in [0.05, 0.1) is 13.2 Å². The van der Waals surface area contributed by atoms with Crippen molar-refractivity contribution in [3.63, 3.8) is 0 Å². The van der Waals surface area contributed by atoms with Gasteiger partial charge in [-0.05, 0) is 13.3 Å². The number of carbonyl (C=O) groups is 2. The summed E-state index contributed by atoms with van der Waals surface area (Å²) in [6.07, 6.45) is 0.904. The average Bonchev–Trinajstić information content (AvgIpc) is 2.31. The molecule has 0 aromatic heterocycles. The van der Waals surface area contributed by atoms with E-state index < -0.39 is 4.83 Å². The van der Waals surface area contributed by atoms with E-state index in [0.29, 0.717) is 13.1 Å². The number of amides is 1. The Bertz CT molecular complexity index is 236. The van der Waals surface area contributed by atoms with Crippen molar-refractivity contribution >= 4 is 27.8 Å². The van der Waals surface area contributed by atoms with Crippen molar-refractivity contribution in [3.8, 4) is 0 Å². The van der Waals surface area contributed by atoms with Crippen molar-refractivity contribution in [3.05, 3.63) is 0 Å². The molecular formula is C10H19BrN2O3. The van der Waals surface area contributed by atoms with Gasteiger partial charge in [-0.15, -0.1) is 0 Å². The maximum Gasteiger partial charge on any atom is 0.320 e. The van der Waals surface area contributed by atoms with Gasteiger partial charge in [0, 0.05) is 13.1 Å². The van der Waals surface area contributed by atoms with Gasteiger partial charge < -0.3 is 15.4 Å². The highest BCUT2D eigenvalue weighted by atomic mass is 79.9. The summed E-state index contributed by atoms with van der Waals surface area (Å²) >= 11 is 3.16. The lowest BCUT2D eigenvalue weighted by atomic mass is 10.3. The van der Waals surface area contributed by atoms with Crippen molar-refractivity contribution < 1.29 is 14.3 Å². The standard InChI is InChI=1S/C10H19BrN2O3/c1-4-5-12-9(14)7(2)13-6-8(11)10(15)16-3/h7-8,13H,4-6H2,1-3H3,(H,12,14). The minimum atomic E-state index is -0.432. The first-order chi connectivity index (χ1) is 7.52. The van der Waals surface area contributed by atoms with Crippen LogP contribution < -0.4 is 10.6 Å². The summed E-state index contributed by atoms with van der Waals surface area (Å²) in [6, 6.07) is -0.323. The van der Waals surface area contributed by atoms with Crippen LogP contribution in [0.4, 0.5) is 0 Å². The molecule has 0 spiro atoms. The van der Waals surface area contributed by atoms with Gasteiger partial charge in [0.1, 0.15) is 4.83 Å². The number of rotatable bonds is 7. The minimum absolute atomic E-state index is 0.0635. The van der Waals surface area contributed by atoms with E-state index >= 15 is 0 Å². The molecule has 0 aromatic rings. The highest BCUT2D eigenvalue weighted by Crippen LogP contribution is 2.00. The third-order valence-corrected chi connectivity index (χ3v) is 2.70. The monoisotopic (exact) mass is 294 g/mol. The second-order valence-electron chi connectivity index (χ2n) is 3.41. The fourth-order valence-corrected chi connectivity index (χ4v) is 1.36. The van der Waals surface area contributed by atoms with Gasteiger partial charge in [0.15, 0.2) is 0 Å². The fourth-order valence-electron chi connectivity index (χ4n) is 0.985.